The molecular weight excluding hydrogens is 365 g/mol. The molecule has 7 heteroatoms. The number of benzene rings is 1. The molecule has 1 aromatic carbocycles. The van der Waals surface area contributed by atoms with Crippen LogP contribution in [0, 0.1) is 12.7 Å². The number of nitrogens with one attached hydrogen (secondary N) is 1. The Hall–Kier alpha value is -0.920. The molecule has 0 amide bonds. The monoisotopic (exact) mass is 377 g/mol. The van der Waals surface area contributed by atoms with Gasteiger partial charge in [0.15, 0.2) is 9.84 Å². The summed E-state index contributed by atoms with van der Waals surface area (Å²) < 4.78 is 37.6. The van der Waals surface area contributed by atoms with Crippen LogP contribution in [0.25, 0.3) is 0 Å². The number of anilines is 1. The number of hydrogen-bond donors (Lipinski definition) is 1. The second kappa shape index (κ2) is 5.83. The fourth-order valence-electron chi connectivity index (χ4n) is 1.66. The van der Waals surface area contributed by atoms with Gasteiger partial charge in [0, 0.05) is 27.0 Å². The van der Waals surface area contributed by atoms with Crippen LogP contribution in [0.4, 0.5) is 10.1 Å². The van der Waals surface area contributed by atoms with Gasteiger partial charge in [0.1, 0.15) is 5.82 Å². The van der Waals surface area contributed by atoms with E-state index in [1.54, 1.807) is 11.3 Å². The van der Waals surface area contributed by atoms with Crippen molar-refractivity contribution in [3.63, 3.8) is 0 Å². The molecule has 20 heavy (non-hydrogen) atoms. The molecule has 0 aliphatic carbocycles. The Labute approximate surface area is 129 Å². The summed E-state index contributed by atoms with van der Waals surface area (Å²) in [6, 6.07) is 5.71. The molecule has 2 rings (SSSR count). The van der Waals surface area contributed by atoms with Gasteiger partial charge in [0.05, 0.1) is 10.6 Å². The van der Waals surface area contributed by atoms with Gasteiger partial charge in [-0.25, -0.2) is 12.8 Å². The summed E-state index contributed by atoms with van der Waals surface area (Å²) in [7, 11) is -3.34. The van der Waals surface area contributed by atoms with Crippen molar-refractivity contribution in [3.05, 3.63) is 44.3 Å². The van der Waals surface area contributed by atoms with Crippen molar-refractivity contribution in [1.29, 1.82) is 0 Å². The molecule has 0 unspecified atom stereocenters. The number of hydrogen-bond acceptors (Lipinski definition) is 4. The van der Waals surface area contributed by atoms with Crippen molar-refractivity contribution in [2.45, 2.75) is 18.4 Å². The zero-order chi connectivity index (χ0) is 14.9. The van der Waals surface area contributed by atoms with E-state index < -0.39 is 15.7 Å². The van der Waals surface area contributed by atoms with Crippen LogP contribution in [0.1, 0.15) is 9.75 Å². The van der Waals surface area contributed by atoms with Crippen molar-refractivity contribution < 1.29 is 12.8 Å². The summed E-state index contributed by atoms with van der Waals surface area (Å²) in [4.78, 5) is 2.29. The van der Waals surface area contributed by atoms with Gasteiger partial charge in [-0.3, -0.25) is 0 Å². The summed E-state index contributed by atoms with van der Waals surface area (Å²) in [5, 5.41) is 2.93. The molecule has 1 N–H and O–H groups in total. The fraction of sp³-hybridized carbons (Fsp3) is 0.231. The Morgan fingerprint density at radius 1 is 1.35 bits per heavy atom. The zero-order valence-electron chi connectivity index (χ0n) is 10.9. The van der Waals surface area contributed by atoms with Crippen molar-refractivity contribution in [2.24, 2.45) is 0 Å². The standard InChI is InChI=1S/C13H13BrFNO2S2/c1-8-11(14)5-9(19-8)7-16-13-6-10(20(2,17)18)3-4-12(13)15/h3-6,16H,7H2,1-2H3. The van der Waals surface area contributed by atoms with Gasteiger partial charge in [-0.15, -0.1) is 11.3 Å². The van der Waals surface area contributed by atoms with Crippen molar-refractivity contribution in [2.75, 3.05) is 11.6 Å². The van der Waals surface area contributed by atoms with Crippen LogP contribution >= 0.6 is 27.3 Å². The van der Waals surface area contributed by atoms with Gasteiger partial charge in [-0.1, -0.05) is 0 Å². The van der Waals surface area contributed by atoms with Crippen molar-refractivity contribution in [1.82, 2.24) is 0 Å². The first-order chi connectivity index (χ1) is 9.27. The van der Waals surface area contributed by atoms with Gasteiger partial charge < -0.3 is 5.32 Å². The number of thiophene rings is 1. The predicted molar refractivity (Wildman–Crippen MR) is 83.6 cm³/mol. The zero-order valence-corrected chi connectivity index (χ0v) is 14.1. The molecule has 1 aromatic heterocycles. The van der Waals surface area contributed by atoms with E-state index in [-0.39, 0.29) is 10.6 Å². The molecule has 3 nitrogen and oxygen atoms in total. The van der Waals surface area contributed by atoms with Gasteiger partial charge in [-0.05, 0) is 47.1 Å². The van der Waals surface area contributed by atoms with E-state index in [2.05, 4.69) is 21.2 Å². The normalized spacial score (nSPS) is 11.6. The molecule has 2 aromatic rings. The molecule has 108 valence electrons. The molecule has 0 fully saturated rings. The highest BCUT2D eigenvalue weighted by Gasteiger charge is 2.11. The maximum Gasteiger partial charge on any atom is 0.175 e. The van der Waals surface area contributed by atoms with Gasteiger partial charge in [-0.2, -0.15) is 0 Å². The second-order valence-electron chi connectivity index (χ2n) is 4.38. The van der Waals surface area contributed by atoms with Crippen LogP contribution in [0.5, 0.6) is 0 Å². The van der Waals surface area contributed by atoms with E-state index in [1.807, 2.05) is 13.0 Å². The Bertz CT molecular complexity index is 721. The molecule has 0 saturated heterocycles. The number of aryl methyl sites for hydroxylation is 1. The summed E-state index contributed by atoms with van der Waals surface area (Å²) in [6.07, 6.45) is 1.10. The minimum Gasteiger partial charge on any atom is -0.378 e. The van der Waals surface area contributed by atoms with Crippen molar-refractivity contribution >= 4 is 42.8 Å². The Kier molecular flexibility index (Phi) is 4.51. The first kappa shape index (κ1) is 15.5. The average molecular weight is 378 g/mol. The van der Waals surface area contributed by atoms with Gasteiger partial charge in [0.25, 0.3) is 0 Å². The Morgan fingerprint density at radius 2 is 2.05 bits per heavy atom. The third-order valence-electron chi connectivity index (χ3n) is 2.73. The van der Waals surface area contributed by atoms with E-state index in [0.717, 1.165) is 26.5 Å². The van der Waals surface area contributed by atoms with Crippen LogP contribution in [0.2, 0.25) is 0 Å². The lowest BCUT2D eigenvalue weighted by Gasteiger charge is -2.08. The SMILES string of the molecule is Cc1sc(CNc2cc(S(C)(=O)=O)ccc2F)cc1Br. The highest BCUT2D eigenvalue weighted by molar-refractivity contribution is 9.10. The largest absolute Gasteiger partial charge is 0.378 e. The number of halogens is 2. The van der Waals surface area contributed by atoms with Gasteiger partial charge >= 0.3 is 0 Å². The first-order valence-electron chi connectivity index (χ1n) is 5.75. The Balaban J connectivity index is 2.21. The lowest BCUT2D eigenvalue weighted by atomic mass is 10.3. The van der Waals surface area contributed by atoms with Crippen LogP contribution in [0.3, 0.4) is 0 Å². The van der Waals surface area contributed by atoms with E-state index in [1.165, 1.54) is 12.1 Å². The molecule has 1 heterocycles. The molecular formula is C13H13BrFNO2S2. The van der Waals surface area contributed by atoms with Crippen LogP contribution in [-0.4, -0.2) is 14.7 Å². The summed E-state index contributed by atoms with van der Waals surface area (Å²) in [5.74, 6) is -0.468. The smallest absolute Gasteiger partial charge is 0.175 e. The molecule has 0 radical (unpaired) electrons. The Morgan fingerprint density at radius 3 is 2.60 bits per heavy atom. The summed E-state index contributed by atoms with van der Waals surface area (Å²) in [6.45, 7) is 2.43. The highest BCUT2D eigenvalue weighted by Crippen LogP contribution is 2.27. The third-order valence-corrected chi connectivity index (χ3v) is 5.97. The second-order valence-corrected chi connectivity index (χ2v) is 8.60. The lowest BCUT2D eigenvalue weighted by Crippen LogP contribution is -2.03. The first-order valence-corrected chi connectivity index (χ1v) is 9.26. The lowest BCUT2D eigenvalue weighted by molar-refractivity contribution is 0.600. The molecule has 0 aliphatic heterocycles. The number of sulfone groups is 1. The van der Waals surface area contributed by atoms with Crippen LogP contribution < -0.4 is 5.32 Å². The maximum absolute atomic E-state index is 13.7. The molecule has 0 atom stereocenters. The fourth-order valence-corrected chi connectivity index (χ4v) is 3.85. The maximum atomic E-state index is 13.7. The van der Waals surface area contributed by atoms with Gasteiger partial charge in [0.2, 0.25) is 0 Å². The topological polar surface area (TPSA) is 46.2 Å². The van der Waals surface area contributed by atoms with E-state index >= 15 is 0 Å². The summed E-state index contributed by atoms with van der Waals surface area (Å²) >= 11 is 5.02. The third kappa shape index (κ3) is 3.59. The molecule has 0 bridgehead atoms. The van der Waals surface area contributed by atoms with Crippen LogP contribution in [0.15, 0.2) is 33.6 Å². The van der Waals surface area contributed by atoms with E-state index in [4.69, 9.17) is 0 Å². The van der Waals surface area contributed by atoms with E-state index in [9.17, 15) is 12.8 Å². The minimum atomic E-state index is -3.34. The highest BCUT2D eigenvalue weighted by atomic mass is 79.9. The number of rotatable bonds is 4. The molecule has 0 aliphatic rings. The van der Waals surface area contributed by atoms with Crippen LogP contribution in [-0.2, 0) is 16.4 Å². The van der Waals surface area contributed by atoms with Crippen molar-refractivity contribution in [3.8, 4) is 0 Å². The molecule has 0 saturated carbocycles. The van der Waals surface area contributed by atoms with E-state index in [0.29, 0.717) is 6.54 Å². The quantitative estimate of drug-likeness (QED) is 0.819. The minimum absolute atomic E-state index is 0.102. The summed E-state index contributed by atoms with van der Waals surface area (Å²) in [5.41, 5.74) is 0.190. The average Bonchev–Trinajstić information content (AvgIpc) is 2.66. The predicted octanol–water partition coefficient (Wildman–Crippen LogP) is 3.97. The molecule has 0 spiro atoms.